The van der Waals surface area contributed by atoms with E-state index in [1.807, 2.05) is 13.8 Å². The molecule has 0 heterocycles. The minimum Gasteiger partial charge on any atom is 0 e. The van der Waals surface area contributed by atoms with Gasteiger partial charge in [-0.05, 0) is 0 Å². The van der Waals surface area contributed by atoms with Crippen molar-refractivity contribution in [3.8, 4) is 29.8 Å². The minimum atomic E-state index is -3.18. The van der Waals surface area contributed by atoms with Crippen molar-refractivity contribution in [3.05, 3.63) is 0 Å². The van der Waals surface area contributed by atoms with Crippen molar-refractivity contribution in [2.24, 2.45) is 5.41 Å². The van der Waals surface area contributed by atoms with Gasteiger partial charge < -0.3 is 0 Å². The van der Waals surface area contributed by atoms with E-state index in [1.54, 1.807) is 18.2 Å². The predicted molar refractivity (Wildman–Crippen MR) is 96.8 cm³/mol. The molecule has 0 rings (SSSR count). The van der Waals surface area contributed by atoms with E-state index in [4.69, 9.17) is 15.8 Å². The Morgan fingerprint density at radius 1 is 0.708 bits per heavy atom. The molecule has 24 heavy (non-hydrogen) atoms. The molecule has 0 unspecified atom stereocenters. The Kier molecular flexibility index (Phi) is 12.0. The first-order chi connectivity index (χ1) is 10.9. The summed E-state index contributed by atoms with van der Waals surface area (Å²) in [4.78, 5) is 0. The van der Waals surface area contributed by atoms with E-state index >= 15 is 0 Å². The van der Waals surface area contributed by atoms with Gasteiger partial charge in [0.05, 0.1) is 0 Å². The second kappa shape index (κ2) is 11.4. The van der Waals surface area contributed by atoms with Crippen LogP contribution in [0.5, 0.6) is 0 Å². The molecule has 0 aliphatic carbocycles. The Labute approximate surface area is 168 Å². The Morgan fingerprint density at radius 3 is 1.38 bits per heavy atom. The van der Waals surface area contributed by atoms with Crippen LogP contribution in [0.2, 0.25) is 0 Å². The SMILES string of the molecule is CCCCP(C#N)(C#N)(CCCC)CCCC(C#N)(C#N)C#N.[Na]. The van der Waals surface area contributed by atoms with Gasteiger partial charge in [0.1, 0.15) is 0 Å². The summed E-state index contributed by atoms with van der Waals surface area (Å²) in [7, 11) is 0. The molecule has 1 radical (unpaired) electrons. The monoisotopic (exact) mass is 352 g/mol. The second-order valence-electron chi connectivity index (χ2n) is 6.15. The third kappa shape index (κ3) is 6.07. The molecule has 0 amide bonds. The summed E-state index contributed by atoms with van der Waals surface area (Å²) >= 11 is 0. The Bertz CT molecular complexity index is 549. The normalized spacial score (nSPS) is 12.0. The van der Waals surface area contributed by atoms with Crippen LogP contribution in [0, 0.1) is 61.6 Å². The zero-order valence-corrected chi connectivity index (χ0v) is 17.9. The molecular weight excluding hydrogens is 328 g/mol. The first-order valence-corrected chi connectivity index (χ1v) is 10.8. The number of hydrogen-bond acceptors (Lipinski definition) is 5. The topological polar surface area (TPSA) is 119 Å². The summed E-state index contributed by atoms with van der Waals surface area (Å²) < 4.78 is 0. The van der Waals surface area contributed by atoms with Gasteiger partial charge in [-0.15, -0.1) is 0 Å². The maximum absolute atomic E-state index is 9.87. The number of rotatable bonds is 10. The predicted octanol–water partition coefficient (Wildman–Crippen LogP) is 4.06. The zero-order chi connectivity index (χ0) is 17.8. The van der Waals surface area contributed by atoms with E-state index in [0.717, 1.165) is 25.7 Å². The first kappa shape index (κ1) is 25.1. The smallest absolute Gasteiger partial charge is 0 e. The maximum atomic E-state index is 9.87. The van der Waals surface area contributed by atoms with E-state index < -0.39 is 12.0 Å². The summed E-state index contributed by atoms with van der Waals surface area (Å²) in [6, 6.07) is 5.29. The molecule has 0 aromatic heterocycles. The fourth-order valence-electron chi connectivity index (χ4n) is 2.71. The average molecular weight is 352 g/mol. The molecule has 0 bridgehead atoms. The van der Waals surface area contributed by atoms with E-state index in [2.05, 4.69) is 11.6 Å². The van der Waals surface area contributed by atoms with Gasteiger partial charge in [-0.3, -0.25) is 0 Å². The van der Waals surface area contributed by atoms with Crippen molar-refractivity contribution < 1.29 is 0 Å². The van der Waals surface area contributed by atoms with Crippen LogP contribution in [0.4, 0.5) is 0 Å². The van der Waals surface area contributed by atoms with Crippen LogP contribution in [-0.2, 0) is 0 Å². The molecule has 123 valence electrons. The summed E-state index contributed by atoms with van der Waals surface area (Å²) in [6.45, 7) is 0.892. The van der Waals surface area contributed by atoms with Gasteiger partial charge in [0.2, 0.25) is 0 Å². The van der Waals surface area contributed by atoms with Crippen molar-refractivity contribution in [1.82, 2.24) is 0 Å². The summed E-state index contributed by atoms with van der Waals surface area (Å²) in [5.74, 6) is 4.82. The molecule has 5 nitrogen and oxygen atoms in total. The standard InChI is InChI=1S/C17H24N5P.Na/c1-3-5-9-23(15-21,16-22,10-6-4-2)11-7-8-17(12-18,13-19)14-20;/h3-11H2,1-2H3;. The molecule has 0 aromatic carbocycles. The van der Waals surface area contributed by atoms with Crippen molar-refractivity contribution in [1.29, 1.82) is 26.3 Å². The van der Waals surface area contributed by atoms with Crippen molar-refractivity contribution in [3.63, 3.8) is 0 Å². The molecule has 0 aliphatic heterocycles. The van der Waals surface area contributed by atoms with Gasteiger partial charge in [0.25, 0.3) is 0 Å². The number of nitriles is 5. The van der Waals surface area contributed by atoms with Gasteiger partial charge >= 0.3 is 139 Å². The third-order valence-electron chi connectivity index (χ3n) is 4.45. The first-order valence-electron chi connectivity index (χ1n) is 8.03. The largest absolute Gasteiger partial charge is 0 e. The molecule has 0 saturated heterocycles. The molecular formula is C17H24N5NaP. The van der Waals surface area contributed by atoms with Crippen molar-refractivity contribution in [2.45, 2.75) is 52.4 Å². The van der Waals surface area contributed by atoms with Crippen LogP contribution >= 0.6 is 6.60 Å². The zero-order valence-electron chi connectivity index (χ0n) is 15.0. The molecule has 0 aromatic rings. The van der Waals surface area contributed by atoms with Crippen LogP contribution in [-0.4, -0.2) is 48.0 Å². The van der Waals surface area contributed by atoms with E-state index in [9.17, 15) is 10.5 Å². The summed E-state index contributed by atoms with van der Waals surface area (Å²) in [6.07, 6.45) is 5.66. The number of unbranched alkanes of at least 4 members (excludes halogenated alkanes) is 2. The molecule has 7 heteroatoms. The molecule has 0 atom stereocenters. The Balaban J connectivity index is 0. The average Bonchev–Trinajstić information content (AvgIpc) is 2.62. The minimum absolute atomic E-state index is 0. The third-order valence-corrected chi connectivity index (χ3v) is 9.69. The second-order valence-corrected chi connectivity index (χ2v) is 11.4. The summed E-state index contributed by atoms with van der Waals surface area (Å²) in [5, 5.41) is 46.9. The molecule has 0 N–H and O–H groups in total. The Morgan fingerprint density at radius 2 is 1.08 bits per heavy atom. The maximum Gasteiger partial charge on any atom is 0 e. The van der Waals surface area contributed by atoms with Gasteiger partial charge in [-0.25, -0.2) is 0 Å². The van der Waals surface area contributed by atoms with Crippen molar-refractivity contribution >= 4 is 36.2 Å². The van der Waals surface area contributed by atoms with Crippen LogP contribution in [0.3, 0.4) is 0 Å². The van der Waals surface area contributed by atoms with Crippen LogP contribution in [0.25, 0.3) is 0 Å². The molecule has 0 fully saturated rings. The quantitative estimate of drug-likeness (QED) is 0.434. The van der Waals surface area contributed by atoms with E-state index in [1.165, 1.54) is 0 Å². The van der Waals surface area contributed by atoms with Gasteiger partial charge in [0.15, 0.2) is 0 Å². The molecule has 0 saturated carbocycles. The van der Waals surface area contributed by atoms with Crippen molar-refractivity contribution in [2.75, 3.05) is 18.5 Å². The van der Waals surface area contributed by atoms with Gasteiger partial charge in [0, 0.05) is 29.6 Å². The van der Waals surface area contributed by atoms with Crippen LogP contribution in [0.15, 0.2) is 0 Å². The van der Waals surface area contributed by atoms with Crippen LogP contribution < -0.4 is 0 Å². The Hall–Kier alpha value is -1.12. The fourth-order valence-corrected chi connectivity index (χ4v) is 7.10. The van der Waals surface area contributed by atoms with Gasteiger partial charge in [-0.2, -0.15) is 0 Å². The van der Waals surface area contributed by atoms with E-state index in [-0.39, 0.29) is 36.0 Å². The molecule has 0 aliphatic rings. The van der Waals surface area contributed by atoms with Crippen LogP contribution in [0.1, 0.15) is 52.4 Å². The van der Waals surface area contributed by atoms with E-state index in [0.29, 0.717) is 24.9 Å². The number of nitrogens with zero attached hydrogens (tertiary/aromatic N) is 5. The number of hydrogen-bond donors (Lipinski definition) is 0. The van der Waals surface area contributed by atoms with Gasteiger partial charge in [-0.1, -0.05) is 0 Å². The molecule has 0 spiro atoms. The summed E-state index contributed by atoms with van der Waals surface area (Å²) in [5.41, 5.74) is -1.67. The fraction of sp³-hybridized carbons (Fsp3) is 0.706.